The largest absolute Gasteiger partial charge is 0.419 e. The summed E-state index contributed by atoms with van der Waals surface area (Å²) in [7, 11) is -3.81. The van der Waals surface area contributed by atoms with E-state index in [2.05, 4.69) is 4.72 Å². The van der Waals surface area contributed by atoms with Gasteiger partial charge in [-0.05, 0) is 43.0 Å². The van der Waals surface area contributed by atoms with Crippen LogP contribution in [-0.4, -0.2) is 13.0 Å². The first kappa shape index (κ1) is 18.3. The van der Waals surface area contributed by atoms with Crippen LogP contribution < -0.4 is 10.5 Å². The van der Waals surface area contributed by atoms with Crippen LogP contribution in [-0.2, 0) is 16.6 Å². The maximum absolute atomic E-state index is 12.9. The SMILES string of the molecule is CCn1c(=O)oc2cc(S(=O)(=O)Nc3c(C)cccc3C(C)C)ccc21. The van der Waals surface area contributed by atoms with Gasteiger partial charge in [-0.15, -0.1) is 0 Å². The molecule has 3 rings (SSSR count). The Hall–Kier alpha value is -2.54. The van der Waals surface area contributed by atoms with Crippen molar-refractivity contribution in [2.75, 3.05) is 4.72 Å². The summed E-state index contributed by atoms with van der Waals surface area (Å²) in [6.07, 6.45) is 0. The molecular weight excluding hydrogens is 352 g/mol. The fourth-order valence-corrected chi connectivity index (χ4v) is 4.19. The number of para-hydroxylation sites is 1. The quantitative estimate of drug-likeness (QED) is 0.735. The zero-order chi connectivity index (χ0) is 19.1. The second-order valence-corrected chi connectivity index (χ2v) is 8.22. The van der Waals surface area contributed by atoms with Crippen molar-refractivity contribution in [2.45, 2.75) is 45.1 Å². The van der Waals surface area contributed by atoms with Crippen LogP contribution in [0.25, 0.3) is 11.1 Å². The fraction of sp³-hybridized carbons (Fsp3) is 0.316. The normalized spacial score (nSPS) is 12.0. The van der Waals surface area contributed by atoms with E-state index < -0.39 is 15.8 Å². The van der Waals surface area contributed by atoms with Gasteiger partial charge in [0.2, 0.25) is 0 Å². The monoisotopic (exact) mass is 374 g/mol. The number of nitrogens with one attached hydrogen (secondary N) is 1. The molecule has 0 aliphatic heterocycles. The molecule has 0 amide bonds. The molecular formula is C19H22N2O4S. The molecule has 2 aromatic carbocycles. The minimum atomic E-state index is -3.81. The Bertz CT molecular complexity index is 1120. The minimum absolute atomic E-state index is 0.0555. The average molecular weight is 374 g/mol. The predicted molar refractivity (Wildman–Crippen MR) is 102 cm³/mol. The molecule has 0 aliphatic carbocycles. The van der Waals surface area contributed by atoms with E-state index in [0.29, 0.717) is 17.7 Å². The molecule has 0 spiro atoms. The first-order valence-electron chi connectivity index (χ1n) is 8.50. The summed E-state index contributed by atoms with van der Waals surface area (Å²) >= 11 is 0. The number of rotatable bonds is 5. The van der Waals surface area contributed by atoms with Gasteiger partial charge in [0.25, 0.3) is 10.0 Å². The molecule has 0 unspecified atom stereocenters. The van der Waals surface area contributed by atoms with Crippen LogP contribution in [0.1, 0.15) is 37.8 Å². The van der Waals surface area contributed by atoms with Crippen LogP contribution in [0, 0.1) is 6.92 Å². The molecule has 6 nitrogen and oxygen atoms in total. The molecule has 7 heteroatoms. The first-order valence-corrected chi connectivity index (χ1v) is 9.98. The molecule has 0 saturated carbocycles. The summed E-state index contributed by atoms with van der Waals surface area (Å²) in [6, 6.07) is 10.2. The van der Waals surface area contributed by atoms with Crippen LogP contribution in [0.5, 0.6) is 0 Å². The third-order valence-corrected chi connectivity index (χ3v) is 5.78. The van der Waals surface area contributed by atoms with Gasteiger partial charge in [-0.1, -0.05) is 32.0 Å². The molecule has 1 heterocycles. The molecule has 0 fully saturated rings. The third-order valence-electron chi connectivity index (χ3n) is 4.43. The maximum Gasteiger partial charge on any atom is 0.419 e. The Morgan fingerprint density at radius 1 is 1.19 bits per heavy atom. The summed E-state index contributed by atoms with van der Waals surface area (Å²) in [6.45, 7) is 8.18. The van der Waals surface area contributed by atoms with Crippen molar-refractivity contribution in [3.8, 4) is 0 Å². The number of sulfonamides is 1. The topological polar surface area (TPSA) is 81.3 Å². The van der Waals surface area contributed by atoms with Crippen LogP contribution in [0.4, 0.5) is 5.69 Å². The van der Waals surface area contributed by atoms with Gasteiger partial charge in [0.05, 0.1) is 16.1 Å². The molecule has 26 heavy (non-hydrogen) atoms. The first-order chi connectivity index (χ1) is 12.2. The number of aromatic nitrogens is 1. The van der Waals surface area contributed by atoms with Gasteiger partial charge in [-0.25, -0.2) is 13.2 Å². The summed E-state index contributed by atoms with van der Waals surface area (Å²) in [5, 5.41) is 0. The zero-order valence-corrected chi connectivity index (χ0v) is 16.1. The highest BCUT2D eigenvalue weighted by Gasteiger charge is 2.20. The van der Waals surface area contributed by atoms with Gasteiger partial charge in [0, 0.05) is 12.6 Å². The molecule has 0 saturated heterocycles. The van der Waals surface area contributed by atoms with Gasteiger partial charge >= 0.3 is 5.76 Å². The lowest BCUT2D eigenvalue weighted by atomic mass is 9.99. The summed E-state index contributed by atoms with van der Waals surface area (Å²) in [5.41, 5.74) is 3.21. The number of fused-ring (bicyclic) bond motifs is 1. The molecule has 1 N–H and O–H groups in total. The van der Waals surface area contributed by atoms with E-state index in [-0.39, 0.29) is 16.4 Å². The second kappa shape index (κ2) is 6.64. The third kappa shape index (κ3) is 3.14. The van der Waals surface area contributed by atoms with E-state index in [4.69, 9.17) is 4.42 Å². The van der Waals surface area contributed by atoms with Crippen molar-refractivity contribution in [1.82, 2.24) is 4.57 Å². The van der Waals surface area contributed by atoms with Gasteiger partial charge in [0.15, 0.2) is 5.58 Å². The van der Waals surface area contributed by atoms with E-state index >= 15 is 0 Å². The number of hydrogen-bond donors (Lipinski definition) is 1. The van der Waals surface area contributed by atoms with Gasteiger partial charge in [-0.3, -0.25) is 9.29 Å². The van der Waals surface area contributed by atoms with Crippen molar-refractivity contribution in [3.05, 3.63) is 58.1 Å². The van der Waals surface area contributed by atoms with Crippen molar-refractivity contribution in [3.63, 3.8) is 0 Å². The zero-order valence-electron chi connectivity index (χ0n) is 15.2. The summed E-state index contributed by atoms with van der Waals surface area (Å²) in [5.74, 6) is -0.322. The van der Waals surface area contributed by atoms with Crippen molar-refractivity contribution < 1.29 is 12.8 Å². The predicted octanol–water partition coefficient (Wildman–Crippen LogP) is 3.85. The Morgan fingerprint density at radius 3 is 2.58 bits per heavy atom. The smallest absolute Gasteiger partial charge is 0.408 e. The highest BCUT2D eigenvalue weighted by molar-refractivity contribution is 7.92. The van der Waals surface area contributed by atoms with E-state index in [1.54, 1.807) is 6.07 Å². The Labute approximate surface area is 152 Å². The van der Waals surface area contributed by atoms with Crippen molar-refractivity contribution in [2.24, 2.45) is 0 Å². The average Bonchev–Trinajstić information content (AvgIpc) is 2.90. The molecule has 3 aromatic rings. The highest BCUT2D eigenvalue weighted by Crippen LogP contribution is 2.30. The van der Waals surface area contributed by atoms with E-state index in [0.717, 1.165) is 11.1 Å². The number of hydrogen-bond acceptors (Lipinski definition) is 4. The Balaban J connectivity index is 2.07. The number of oxazole rings is 1. The van der Waals surface area contributed by atoms with E-state index in [1.165, 1.54) is 16.7 Å². The molecule has 0 radical (unpaired) electrons. The van der Waals surface area contributed by atoms with Gasteiger partial charge in [-0.2, -0.15) is 0 Å². The van der Waals surface area contributed by atoms with Crippen LogP contribution in [0.15, 0.2) is 50.5 Å². The Kier molecular flexibility index (Phi) is 4.66. The lowest BCUT2D eigenvalue weighted by molar-refractivity contribution is 0.512. The van der Waals surface area contributed by atoms with E-state index in [1.807, 2.05) is 45.9 Å². The lowest BCUT2D eigenvalue weighted by Gasteiger charge is -2.17. The summed E-state index contributed by atoms with van der Waals surface area (Å²) in [4.78, 5) is 11.9. The van der Waals surface area contributed by atoms with Gasteiger partial charge in [0.1, 0.15) is 0 Å². The Morgan fingerprint density at radius 2 is 1.92 bits per heavy atom. The van der Waals surface area contributed by atoms with Crippen LogP contribution in [0.2, 0.25) is 0 Å². The standard InChI is InChI=1S/C19H22N2O4S/c1-5-21-16-10-9-14(11-17(16)25-19(21)22)26(23,24)20-18-13(4)7-6-8-15(18)12(2)3/h6-12,20H,5H2,1-4H3. The maximum atomic E-state index is 12.9. The summed E-state index contributed by atoms with van der Waals surface area (Å²) < 4.78 is 35.1. The lowest BCUT2D eigenvalue weighted by Crippen LogP contribution is -2.15. The molecule has 0 aliphatic rings. The van der Waals surface area contributed by atoms with Crippen molar-refractivity contribution in [1.29, 1.82) is 0 Å². The number of benzene rings is 2. The van der Waals surface area contributed by atoms with Crippen LogP contribution in [0.3, 0.4) is 0 Å². The number of nitrogens with zero attached hydrogens (tertiary/aromatic N) is 1. The van der Waals surface area contributed by atoms with Crippen molar-refractivity contribution >= 4 is 26.8 Å². The molecule has 0 atom stereocenters. The van der Waals surface area contributed by atoms with Crippen LogP contribution >= 0.6 is 0 Å². The fourth-order valence-electron chi connectivity index (χ4n) is 3.02. The molecule has 0 bridgehead atoms. The minimum Gasteiger partial charge on any atom is -0.408 e. The second-order valence-electron chi connectivity index (χ2n) is 6.54. The highest BCUT2D eigenvalue weighted by atomic mass is 32.2. The molecule has 1 aromatic heterocycles. The number of aryl methyl sites for hydroxylation is 2. The van der Waals surface area contributed by atoms with E-state index in [9.17, 15) is 13.2 Å². The molecule has 138 valence electrons. The number of anilines is 1. The van der Waals surface area contributed by atoms with Gasteiger partial charge < -0.3 is 4.42 Å².